The third-order valence-electron chi connectivity index (χ3n) is 6.05. The smallest absolute Gasteiger partial charge is 0.277 e. The minimum Gasteiger partial charge on any atom is -0.369 e. The summed E-state index contributed by atoms with van der Waals surface area (Å²) in [6.45, 7) is 0. The first kappa shape index (κ1) is 24.4. The van der Waals surface area contributed by atoms with Gasteiger partial charge in [0, 0.05) is 16.6 Å². The average Bonchev–Trinajstić information content (AvgIpc) is 3.54. The highest BCUT2D eigenvalue weighted by Crippen LogP contribution is 2.37. The van der Waals surface area contributed by atoms with E-state index in [1.807, 2.05) is 66.7 Å². The molecule has 2 aromatic heterocycles. The third-order valence-corrected chi connectivity index (χ3v) is 7.61. The van der Waals surface area contributed by atoms with E-state index in [2.05, 4.69) is 26.0 Å². The Bertz CT molecular complexity index is 1650. The summed E-state index contributed by atoms with van der Waals surface area (Å²) >= 11 is 4.78. The van der Waals surface area contributed by atoms with E-state index in [1.54, 1.807) is 30.5 Å². The number of carbonyl (C=O) groups is 1. The van der Waals surface area contributed by atoms with Gasteiger partial charge >= 0.3 is 0 Å². The second kappa shape index (κ2) is 10.4. The number of nitrogens with one attached hydrogen (secondary N) is 1. The number of amides is 1. The second-order valence-electron chi connectivity index (χ2n) is 8.32. The van der Waals surface area contributed by atoms with Crippen LogP contribution >= 0.6 is 27.3 Å². The maximum absolute atomic E-state index is 14.1. The molecule has 0 aliphatic heterocycles. The molecule has 0 aliphatic rings. The topological polar surface area (TPSA) is 118 Å². The minimum atomic E-state index is -1.27. The standard InChI is InChI=1S/C28H20BrN5O2S/c29-20-13-11-18(12-14-20)23(21(15-30)26(31)35)24-25(19-9-5-2-6-10-19)33-34(27(24)36)28-32-16-22(37-28)17-7-3-1-4-8-17/h1-14,16,21,23,33H,(H2,31,35). The van der Waals surface area contributed by atoms with Crippen LogP contribution in [-0.2, 0) is 4.79 Å². The number of thiazole rings is 1. The molecule has 2 heterocycles. The molecule has 37 heavy (non-hydrogen) atoms. The molecule has 182 valence electrons. The first-order valence-corrected chi connectivity index (χ1v) is 12.9. The van der Waals surface area contributed by atoms with Gasteiger partial charge in [0.2, 0.25) is 11.0 Å². The van der Waals surface area contributed by atoms with Gasteiger partial charge in [-0.25, -0.2) is 4.98 Å². The molecule has 5 aromatic rings. The Kier molecular flexibility index (Phi) is 6.86. The zero-order valence-electron chi connectivity index (χ0n) is 19.3. The van der Waals surface area contributed by atoms with E-state index in [0.717, 1.165) is 20.5 Å². The van der Waals surface area contributed by atoms with E-state index in [1.165, 1.54) is 16.0 Å². The van der Waals surface area contributed by atoms with Gasteiger partial charge in [-0.15, -0.1) is 0 Å². The van der Waals surface area contributed by atoms with Gasteiger partial charge in [0.05, 0.1) is 22.2 Å². The van der Waals surface area contributed by atoms with Crippen LogP contribution in [0.15, 0.2) is 100 Å². The fourth-order valence-electron chi connectivity index (χ4n) is 4.30. The number of H-pyrrole nitrogens is 1. The molecule has 5 rings (SSSR count). The fourth-order valence-corrected chi connectivity index (χ4v) is 5.45. The zero-order chi connectivity index (χ0) is 25.9. The predicted molar refractivity (Wildman–Crippen MR) is 147 cm³/mol. The van der Waals surface area contributed by atoms with Crippen LogP contribution in [-0.4, -0.2) is 20.7 Å². The molecule has 3 N–H and O–H groups in total. The third kappa shape index (κ3) is 4.77. The molecule has 9 heteroatoms. The first-order chi connectivity index (χ1) is 18.0. The van der Waals surface area contributed by atoms with Crippen LogP contribution in [0.25, 0.3) is 26.8 Å². The summed E-state index contributed by atoms with van der Waals surface area (Å²) in [4.78, 5) is 31.9. The van der Waals surface area contributed by atoms with Gasteiger partial charge in [-0.05, 0) is 28.8 Å². The molecule has 2 unspecified atom stereocenters. The number of aromatic nitrogens is 3. The summed E-state index contributed by atoms with van der Waals surface area (Å²) in [6, 6.07) is 28.3. The molecule has 1 amide bonds. The van der Waals surface area contributed by atoms with Crippen LogP contribution in [0.2, 0.25) is 0 Å². The molecular weight excluding hydrogens is 550 g/mol. The van der Waals surface area contributed by atoms with Gasteiger partial charge in [-0.1, -0.05) is 100 Å². The van der Waals surface area contributed by atoms with Crippen molar-refractivity contribution in [2.24, 2.45) is 11.7 Å². The van der Waals surface area contributed by atoms with E-state index in [-0.39, 0.29) is 5.56 Å². The Labute approximate surface area is 225 Å². The number of nitrogens with zero attached hydrogens (tertiary/aromatic N) is 3. The lowest BCUT2D eigenvalue weighted by atomic mass is 9.80. The van der Waals surface area contributed by atoms with Gasteiger partial charge < -0.3 is 5.73 Å². The van der Waals surface area contributed by atoms with Gasteiger partial charge in [0.1, 0.15) is 5.92 Å². The summed E-state index contributed by atoms with van der Waals surface area (Å²) in [7, 11) is 0. The second-order valence-corrected chi connectivity index (χ2v) is 10.2. The number of hydrogen-bond acceptors (Lipinski definition) is 5. The Hall–Kier alpha value is -4.26. The number of nitrogens with two attached hydrogens (primary N) is 1. The lowest BCUT2D eigenvalue weighted by molar-refractivity contribution is -0.120. The summed E-state index contributed by atoms with van der Waals surface area (Å²) in [5.41, 5.74) is 8.39. The largest absolute Gasteiger partial charge is 0.369 e. The van der Waals surface area contributed by atoms with Gasteiger partial charge in [0.15, 0.2) is 0 Å². The van der Waals surface area contributed by atoms with E-state index in [4.69, 9.17) is 5.73 Å². The van der Waals surface area contributed by atoms with Crippen molar-refractivity contribution in [3.8, 4) is 32.9 Å². The van der Waals surface area contributed by atoms with Crippen molar-refractivity contribution < 1.29 is 4.79 Å². The lowest BCUT2D eigenvalue weighted by Crippen LogP contribution is -2.31. The number of carbonyl (C=O) groups excluding carboxylic acids is 1. The highest BCUT2D eigenvalue weighted by Gasteiger charge is 2.36. The number of nitriles is 1. The number of halogens is 1. The summed E-state index contributed by atoms with van der Waals surface area (Å²) in [5.74, 6) is -2.97. The maximum Gasteiger partial charge on any atom is 0.277 e. The zero-order valence-corrected chi connectivity index (χ0v) is 21.7. The van der Waals surface area contributed by atoms with E-state index >= 15 is 0 Å². The van der Waals surface area contributed by atoms with E-state index in [9.17, 15) is 14.9 Å². The monoisotopic (exact) mass is 569 g/mol. The molecule has 7 nitrogen and oxygen atoms in total. The van der Waals surface area contributed by atoms with Crippen molar-refractivity contribution in [3.63, 3.8) is 0 Å². The van der Waals surface area contributed by atoms with Crippen LogP contribution in [0.1, 0.15) is 17.0 Å². The van der Waals surface area contributed by atoms with Crippen molar-refractivity contribution in [2.75, 3.05) is 0 Å². The Morgan fingerprint density at radius 1 is 1.00 bits per heavy atom. The van der Waals surface area contributed by atoms with Crippen LogP contribution in [0.3, 0.4) is 0 Å². The Balaban J connectivity index is 1.75. The minimum absolute atomic E-state index is 0.273. The molecule has 0 saturated heterocycles. The molecule has 0 bridgehead atoms. The summed E-state index contributed by atoms with van der Waals surface area (Å²) in [6.07, 6.45) is 1.72. The number of benzene rings is 3. The van der Waals surface area contributed by atoms with Crippen molar-refractivity contribution in [1.29, 1.82) is 5.26 Å². The Morgan fingerprint density at radius 2 is 1.62 bits per heavy atom. The van der Waals surface area contributed by atoms with Gasteiger partial charge in [0.25, 0.3) is 5.56 Å². The molecule has 2 atom stereocenters. The van der Waals surface area contributed by atoms with E-state index < -0.39 is 23.3 Å². The molecule has 0 saturated carbocycles. The fraction of sp³-hybridized carbons (Fsp3) is 0.0714. The van der Waals surface area contributed by atoms with Crippen molar-refractivity contribution in [1.82, 2.24) is 14.8 Å². The molecule has 0 aliphatic carbocycles. The van der Waals surface area contributed by atoms with Crippen LogP contribution in [0.5, 0.6) is 0 Å². The highest BCUT2D eigenvalue weighted by atomic mass is 79.9. The highest BCUT2D eigenvalue weighted by molar-refractivity contribution is 9.10. The van der Waals surface area contributed by atoms with Gasteiger partial charge in [-0.2, -0.15) is 9.94 Å². The average molecular weight is 570 g/mol. The Morgan fingerprint density at radius 3 is 2.22 bits per heavy atom. The van der Waals surface area contributed by atoms with E-state index in [0.29, 0.717) is 16.4 Å². The van der Waals surface area contributed by atoms with Crippen molar-refractivity contribution >= 4 is 33.2 Å². The van der Waals surface area contributed by atoms with Gasteiger partial charge in [-0.3, -0.25) is 14.7 Å². The lowest BCUT2D eigenvalue weighted by Gasteiger charge is -2.20. The van der Waals surface area contributed by atoms with Crippen molar-refractivity contribution in [3.05, 3.63) is 117 Å². The number of primary amides is 1. The quantitative estimate of drug-likeness (QED) is 0.270. The maximum atomic E-state index is 14.1. The number of rotatable bonds is 7. The number of hydrogen-bond donors (Lipinski definition) is 2. The van der Waals surface area contributed by atoms with Crippen molar-refractivity contribution in [2.45, 2.75) is 5.92 Å². The molecule has 3 aromatic carbocycles. The number of aromatic amines is 1. The molecular formula is C28H20BrN5O2S. The molecule has 0 radical (unpaired) electrons. The molecule has 0 fully saturated rings. The van der Waals surface area contributed by atoms with Crippen LogP contribution < -0.4 is 11.3 Å². The summed E-state index contributed by atoms with van der Waals surface area (Å²) in [5, 5.41) is 13.6. The predicted octanol–water partition coefficient (Wildman–Crippen LogP) is 5.48. The molecule has 0 spiro atoms. The first-order valence-electron chi connectivity index (χ1n) is 11.3. The van der Waals surface area contributed by atoms with Crippen LogP contribution in [0.4, 0.5) is 0 Å². The van der Waals surface area contributed by atoms with Crippen LogP contribution in [0, 0.1) is 17.2 Å². The summed E-state index contributed by atoms with van der Waals surface area (Å²) < 4.78 is 2.20. The normalized spacial score (nSPS) is 12.5. The SMILES string of the molecule is N#CC(C(N)=O)C(c1ccc(Br)cc1)c1c(-c2ccccc2)[nH]n(-c2ncc(-c3ccccc3)s2)c1=O.